The fourth-order valence-electron chi connectivity index (χ4n) is 1.48. The lowest BCUT2D eigenvalue weighted by molar-refractivity contribution is -0.492. The molecule has 0 spiro atoms. The van der Waals surface area contributed by atoms with E-state index in [4.69, 9.17) is 21.3 Å². The Hall–Kier alpha value is -1.26. The highest BCUT2D eigenvalue weighted by molar-refractivity contribution is 5.82. The van der Waals surface area contributed by atoms with Gasteiger partial charge in [-0.05, 0) is 19.3 Å². The molecular weight excluding hydrogens is 270 g/mol. The van der Waals surface area contributed by atoms with Gasteiger partial charge in [-0.1, -0.05) is 12.8 Å². The minimum atomic E-state index is -0.972. The zero-order valence-electron chi connectivity index (χ0n) is 11.3. The van der Waals surface area contributed by atoms with Crippen molar-refractivity contribution < 1.29 is 29.9 Å². The molecule has 1 amide bonds. The zero-order valence-corrected chi connectivity index (χ0v) is 11.3. The summed E-state index contributed by atoms with van der Waals surface area (Å²) in [7, 11) is 0. The molecule has 0 heterocycles. The van der Waals surface area contributed by atoms with Gasteiger partial charge >= 0.3 is 5.97 Å². The van der Waals surface area contributed by atoms with E-state index in [0.29, 0.717) is 13.0 Å². The summed E-state index contributed by atoms with van der Waals surface area (Å²) in [6.07, 6.45) is 3.11. The first-order valence-electron chi connectivity index (χ1n) is 6.49. The largest absolute Gasteiger partial charge is 0.481 e. The number of rotatable bonds is 12. The van der Waals surface area contributed by atoms with E-state index in [1.807, 2.05) is 0 Å². The molecule has 0 rings (SSSR count). The van der Waals surface area contributed by atoms with Crippen LogP contribution in [0.15, 0.2) is 0 Å². The van der Waals surface area contributed by atoms with Crippen LogP contribution in [0.25, 0.3) is 0 Å². The molecule has 0 radical (unpaired) electrons. The molecule has 0 fully saturated rings. The van der Waals surface area contributed by atoms with E-state index in [1.165, 1.54) is 0 Å². The maximum atomic E-state index is 11.5. The van der Waals surface area contributed by atoms with E-state index in [1.54, 1.807) is 0 Å². The van der Waals surface area contributed by atoms with Crippen molar-refractivity contribution in [3.8, 4) is 0 Å². The summed E-state index contributed by atoms with van der Waals surface area (Å²) in [6.45, 7) is 0.687. The molecule has 0 saturated heterocycles. The van der Waals surface area contributed by atoms with Gasteiger partial charge in [-0.3, -0.25) is 24.8 Å². The summed E-state index contributed by atoms with van der Waals surface area (Å²) in [4.78, 5) is 26.2. The molecule has 0 saturated carbocycles. The number of carboxylic acids is 1. The number of carbonyl (C=O) groups excluding carboxylic acids is 1. The number of carbonyl (C=O) groups is 2. The quantitative estimate of drug-likeness (QED) is 0.247. The van der Waals surface area contributed by atoms with Gasteiger partial charge in [0.25, 0.3) is 0 Å². The average molecular weight is 293 g/mol. The van der Waals surface area contributed by atoms with Crippen molar-refractivity contribution in [2.24, 2.45) is 5.73 Å². The second kappa shape index (κ2) is 11.6. The summed E-state index contributed by atoms with van der Waals surface area (Å²) in [6, 6.07) is -0.792. The number of unbranched alkanes of at least 4 members (excludes halogenated alkanes) is 3. The molecule has 6 N–H and O–H groups in total. The summed E-state index contributed by atoms with van der Waals surface area (Å²) < 4.78 is 0. The van der Waals surface area contributed by atoms with Gasteiger partial charge in [-0.15, -0.1) is 0 Å². The lowest BCUT2D eigenvalue weighted by Gasteiger charge is -2.11. The summed E-state index contributed by atoms with van der Waals surface area (Å²) in [5, 5.41) is 27.3. The van der Waals surface area contributed by atoms with Crippen LogP contribution in [0.2, 0.25) is 0 Å². The van der Waals surface area contributed by atoms with Crippen molar-refractivity contribution in [1.29, 1.82) is 0 Å². The highest BCUT2D eigenvalue weighted by Gasteiger charge is 2.13. The normalized spacial score (nSPS) is 12.4. The zero-order chi connectivity index (χ0) is 15.4. The number of carboxylic acid groups (broad SMARTS) is 1. The van der Waals surface area contributed by atoms with Crippen molar-refractivity contribution >= 4 is 11.9 Å². The molecule has 1 atom stereocenters. The van der Waals surface area contributed by atoms with Crippen molar-refractivity contribution in [1.82, 2.24) is 10.7 Å². The lowest BCUT2D eigenvalue weighted by atomic mass is 10.1. The highest BCUT2D eigenvalue weighted by Crippen LogP contribution is 2.00. The lowest BCUT2D eigenvalue weighted by Crippen LogP contribution is -2.41. The predicted molar refractivity (Wildman–Crippen MR) is 67.7 cm³/mol. The molecule has 118 valence electrons. The van der Waals surface area contributed by atoms with E-state index >= 15 is 0 Å². The third-order valence-electron chi connectivity index (χ3n) is 2.58. The van der Waals surface area contributed by atoms with E-state index in [0.717, 1.165) is 19.3 Å². The fraction of sp³-hybridized carbons (Fsp3) is 0.818. The molecule has 9 nitrogen and oxygen atoms in total. The van der Waals surface area contributed by atoms with Crippen LogP contribution in [0.3, 0.4) is 0 Å². The van der Waals surface area contributed by atoms with Crippen LogP contribution < -0.4 is 11.1 Å². The number of hydrogen-bond donors (Lipinski definition) is 5. The van der Waals surface area contributed by atoms with Crippen LogP contribution in [-0.2, 0) is 14.4 Å². The molecule has 0 aliphatic heterocycles. The maximum absolute atomic E-state index is 11.5. The van der Waals surface area contributed by atoms with Crippen LogP contribution in [0, 0.1) is 0 Å². The number of amides is 1. The van der Waals surface area contributed by atoms with Gasteiger partial charge in [-0.2, -0.15) is 0 Å². The third kappa shape index (κ3) is 11.8. The minimum absolute atomic E-state index is 0.122. The Balaban J connectivity index is 3.41. The van der Waals surface area contributed by atoms with E-state index in [2.05, 4.69) is 10.2 Å². The summed E-state index contributed by atoms with van der Waals surface area (Å²) >= 11 is 0. The molecule has 20 heavy (non-hydrogen) atoms. The predicted octanol–water partition coefficient (Wildman–Crippen LogP) is -0.133. The maximum Gasteiger partial charge on any atom is 0.303 e. The van der Waals surface area contributed by atoms with Gasteiger partial charge in [-0.25, -0.2) is 0 Å². The number of nitrogens with zero attached hydrogens (tertiary/aromatic N) is 1. The van der Waals surface area contributed by atoms with Gasteiger partial charge in [0.05, 0.1) is 18.0 Å². The first kappa shape index (κ1) is 18.7. The van der Waals surface area contributed by atoms with Crippen LogP contribution in [0.4, 0.5) is 0 Å². The SMILES string of the molecule is NC(CCC(=O)O)C(=O)NCCCCCCON(O)O. The van der Waals surface area contributed by atoms with Crippen molar-refractivity contribution in [2.75, 3.05) is 13.2 Å². The van der Waals surface area contributed by atoms with E-state index in [9.17, 15) is 9.59 Å². The Labute approximate surface area is 117 Å². The smallest absolute Gasteiger partial charge is 0.303 e. The second-order valence-electron chi connectivity index (χ2n) is 4.33. The van der Waals surface area contributed by atoms with E-state index < -0.39 is 12.0 Å². The Morgan fingerprint density at radius 2 is 1.85 bits per heavy atom. The molecule has 1 unspecified atom stereocenters. The Bertz CT molecular complexity index is 287. The second-order valence-corrected chi connectivity index (χ2v) is 4.33. The van der Waals surface area contributed by atoms with Crippen molar-refractivity contribution in [3.05, 3.63) is 0 Å². The number of aliphatic carboxylic acids is 1. The summed E-state index contributed by atoms with van der Waals surface area (Å²) in [5.41, 5.74) is 5.53. The molecule has 0 bridgehead atoms. The van der Waals surface area contributed by atoms with Gasteiger partial charge in [0, 0.05) is 13.0 Å². The Morgan fingerprint density at radius 3 is 2.45 bits per heavy atom. The molecule has 0 aliphatic rings. The fourth-order valence-corrected chi connectivity index (χ4v) is 1.48. The van der Waals surface area contributed by atoms with Crippen molar-refractivity contribution in [2.45, 2.75) is 44.6 Å². The van der Waals surface area contributed by atoms with Gasteiger partial charge in [0.2, 0.25) is 5.91 Å². The molecule has 0 aromatic heterocycles. The number of nitrogens with one attached hydrogen (secondary N) is 1. The first-order valence-corrected chi connectivity index (χ1v) is 6.49. The first-order chi connectivity index (χ1) is 9.43. The van der Waals surface area contributed by atoms with Crippen LogP contribution in [0.5, 0.6) is 0 Å². The monoisotopic (exact) mass is 293 g/mol. The van der Waals surface area contributed by atoms with Gasteiger partial charge in [0.1, 0.15) is 0 Å². The highest BCUT2D eigenvalue weighted by atomic mass is 17.1. The van der Waals surface area contributed by atoms with Crippen LogP contribution in [-0.4, -0.2) is 52.0 Å². The Kier molecular flexibility index (Phi) is 10.8. The third-order valence-corrected chi connectivity index (χ3v) is 2.58. The molecule has 9 heteroatoms. The topological polar surface area (TPSA) is 145 Å². The molecule has 0 aliphatic carbocycles. The van der Waals surface area contributed by atoms with Gasteiger partial charge in [0.15, 0.2) is 0 Å². The molecule has 0 aromatic carbocycles. The molecular formula is C11H23N3O6. The Morgan fingerprint density at radius 1 is 1.20 bits per heavy atom. The summed E-state index contributed by atoms with van der Waals surface area (Å²) in [5.74, 6) is -1.31. The number of nitrogens with two attached hydrogens (primary N) is 1. The van der Waals surface area contributed by atoms with Crippen molar-refractivity contribution in [3.63, 3.8) is 0 Å². The number of hydrogen-bond acceptors (Lipinski definition) is 7. The van der Waals surface area contributed by atoms with E-state index in [-0.39, 0.29) is 30.7 Å². The molecule has 0 aromatic rings. The van der Waals surface area contributed by atoms with Crippen LogP contribution >= 0.6 is 0 Å². The average Bonchev–Trinajstić information content (AvgIpc) is 2.38. The minimum Gasteiger partial charge on any atom is -0.481 e. The van der Waals surface area contributed by atoms with Gasteiger partial charge < -0.3 is 16.2 Å². The standard InChI is InChI=1S/C11H23N3O6/c12-9(5-6-10(15)16)11(17)13-7-3-1-2-4-8-20-14(18)19/h9,18-19H,1-8,12H2,(H,13,17)(H,15,16). The van der Waals surface area contributed by atoms with Crippen LogP contribution in [0.1, 0.15) is 38.5 Å².